The second-order valence-electron chi connectivity index (χ2n) is 7.26. The van der Waals surface area contributed by atoms with Crippen molar-refractivity contribution in [3.05, 3.63) is 48.0 Å². The maximum Gasteiger partial charge on any atom is 0.139 e. The molecule has 3 nitrogen and oxygen atoms in total. The Labute approximate surface area is 136 Å². The van der Waals surface area contributed by atoms with Gasteiger partial charge in [0.25, 0.3) is 0 Å². The van der Waals surface area contributed by atoms with Crippen LogP contribution in [0.25, 0.3) is 21.9 Å². The van der Waals surface area contributed by atoms with Crippen LogP contribution in [-0.4, -0.2) is 24.0 Å². The average molecular weight is 306 g/mol. The first-order valence-corrected chi connectivity index (χ1v) is 8.66. The number of nitrogens with zero attached hydrogens (tertiary/aromatic N) is 1. The summed E-state index contributed by atoms with van der Waals surface area (Å²) in [5, 5.41) is 2.44. The number of rotatable bonds is 2. The van der Waals surface area contributed by atoms with Gasteiger partial charge in [0.05, 0.1) is 0 Å². The highest BCUT2D eigenvalue weighted by atomic mass is 16.3. The van der Waals surface area contributed by atoms with E-state index in [-0.39, 0.29) is 0 Å². The van der Waals surface area contributed by atoms with Gasteiger partial charge in [0.15, 0.2) is 0 Å². The Morgan fingerprint density at radius 3 is 2.52 bits per heavy atom. The predicted octanol–water partition coefficient (Wildman–Crippen LogP) is 3.76. The number of para-hydroxylation sites is 2. The third-order valence-corrected chi connectivity index (χ3v) is 5.86. The zero-order valence-electron chi connectivity index (χ0n) is 13.2. The van der Waals surface area contributed by atoms with Crippen LogP contribution in [0.1, 0.15) is 18.4 Å². The van der Waals surface area contributed by atoms with Crippen LogP contribution in [0.3, 0.4) is 0 Å². The number of hydrogen-bond acceptors (Lipinski definition) is 3. The standard InChI is InChI=1S/C20H22N2O/c21-19-13-8-9-14(19)11-22(10-13)12-15-4-3-6-17-16-5-1-2-7-18(16)23-20(15)17/h1-7,13-14,19H,8-12,21H2/t13-,14+,19?. The van der Waals surface area contributed by atoms with E-state index < -0.39 is 0 Å². The normalized spacial score (nSPS) is 28.0. The Balaban J connectivity index is 1.51. The molecule has 0 spiro atoms. The van der Waals surface area contributed by atoms with E-state index in [9.17, 15) is 0 Å². The molecule has 2 aliphatic rings. The molecule has 118 valence electrons. The molecule has 3 atom stereocenters. The van der Waals surface area contributed by atoms with Gasteiger partial charge in [-0.25, -0.2) is 0 Å². The van der Waals surface area contributed by atoms with E-state index in [0.717, 1.165) is 30.8 Å². The Morgan fingerprint density at radius 2 is 1.70 bits per heavy atom. The van der Waals surface area contributed by atoms with Crippen LogP contribution in [0.5, 0.6) is 0 Å². The fourth-order valence-electron chi connectivity index (χ4n) is 4.66. The summed E-state index contributed by atoms with van der Waals surface area (Å²) < 4.78 is 6.16. The molecule has 2 N–H and O–H groups in total. The molecule has 2 fully saturated rings. The average Bonchev–Trinajstić information content (AvgIpc) is 3.02. The van der Waals surface area contributed by atoms with Crippen LogP contribution in [0, 0.1) is 11.8 Å². The van der Waals surface area contributed by atoms with E-state index in [4.69, 9.17) is 10.2 Å². The predicted molar refractivity (Wildman–Crippen MR) is 93.2 cm³/mol. The van der Waals surface area contributed by atoms with Crippen LogP contribution >= 0.6 is 0 Å². The summed E-state index contributed by atoms with van der Waals surface area (Å²) in [5.41, 5.74) is 9.67. The second kappa shape index (κ2) is 5.08. The maximum atomic E-state index is 6.34. The molecule has 1 saturated carbocycles. The molecule has 23 heavy (non-hydrogen) atoms. The molecule has 2 heterocycles. The largest absolute Gasteiger partial charge is 0.456 e. The highest BCUT2D eigenvalue weighted by Gasteiger charge is 2.39. The van der Waals surface area contributed by atoms with E-state index in [1.54, 1.807) is 0 Å². The highest BCUT2D eigenvalue weighted by molar-refractivity contribution is 6.05. The van der Waals surface area contributed by atoms with Gasteiger partial charge in [-0.1, -0.05) is 36.4 Å². The van der Waals surface area contributed by atoms with Gasteiger partial charge >= 0.3 is 0 Å². The number of furan rings is 1. The zero-order chi connectivity index (χ0) is 15.4. The molecule has 1 aromatic heterocycles. The molecular weight excluding hydrogens is 284 g/mol. The lowest BCUT2D eigenvalue weighted by Crippen LogP contribution is -2.48. The van der Waals surface area contributed by atoms with Gasteiger partial charge in [-0.05, 0) is 30.7 Å². The second-order valence-corrected chi connectivity index (χ2v) is 7.26. The molecule has 3 heteroatoms. The molecule has 5 rings (SSSR count). The topological polar surface area (TPSA) is 42.4 Å². The summed E-state index contributed by atoms with van der Waals surface area (Å²) in [4.78, 5) is 2.58. The van der Waals surface area contributed by atoms with E-state index in [2.05, 4.69) is 41.3 Å². The monoisotopic (exact) mass is 306 g/mol. The van der Waals surface area contributed by atoms with E-state index in [0.29, 0.717) is 17.9 Å². The van der Waals surface area contributed by atoms with E-state index in [1.807, 2.05) is 6.07 Å². The lowest BCUT2D eigenvalue weighted by atomic mass is 9.93. The molecule has 1 unspecified atom stereocenters. The molecule has 2 bridgehead atoms. The smallest absolute Gasteiger partial charge is 0.139 e. The van der Waals surface area contributed by atoms with Crippen molar-refractivity contribution in [2.24, 2.45) is 17.6 Å². The summed E-state index contributed by atoms with van der Waals surface area (Å²) >= 11 is 0. The number of piperidine rings is 1. The van der Waals surface area contributed by atoms with Gasteiger partial charge in [-0.3, -0.25) is 4.90 Å². The lowest BCUT2D eigenvalue weighted by Gasteiger charge is -2.36. The van der Waals surface area contributed by atoms with Crippen molar-refractivity contribution in [1.82, 2.24) is 4.90 Å². The Kier molecular flexibility index (Phi) is 3.00. The van der Waals surface area contributed by atoms with Crippen LogP contribution < -0.4 is 5.73 Å². The van der Waals surface area contributed by atoms with Gasteiger partial charge in [-0.15, -0.1) is 0 Å². The summed E-state index contributed by atoms with van der Waals surface area (Å²) in [6, 6.07) is 15.3. The van der Waals surface area contributed by atoms with Crippen molar-refractivity contribution < 1.29 is 4.42 Å². The summed E-state index contributed by atoms with van der Waals surface area (Å²) in [7, 11) is 0. The van der Waals surface area contributed by atoms with Gasteiger partial charge in [0.2, 0.25) is 0 Å². The molecule has 1 aliphatic heterocycles. The number of nitrogens with two attached hydrogens (primary N) is 1. The van der Waals surface area contributed by atoms with Crippen molar-refractivity contribution in [2.45, 2.75) is 25.4 Å². The molecule has 1 saturated heterocycles. The highest BCUT2D eigenvalue weighted by Crippen LogP contribution is 2.37. The maximum absolute atomic E-state index is 6.34. The van der Waals surface area contributed by atoms with Gasteiger partial charge in [0, 0.05) is 42.0 Å². The first-order valence-electron chi connectivity index (χ1n) is 8.66. The number of fused-ring (bicyclic) bond motifs is 5. The quantitative estimate of drug-likeness (QED) is 0.784. The van der Waals surface area contributed by atoms with Crippen molar-refractivity contribution in [3.63, 3.8) is 0 Å². The van der Waals surface area contributed by atoms with Crippen molar-refractivity contribution in [3.8, 4) is 0 Å². The molecule has 1 aliphatic carbocycles. The van der Waals surface area contributed by atoms with Crippen molar-refractivity contribution in [1.29, 1.82) is 0 Å². The van der Waals surface area contributed by atoms with Gasteiger partial charge in [0.1, 0.15) is 11.2 Å². The summed E-state index contributed by atoms with van der Waals surface area (Å²) in [6.45, 7) is 3.24. The molecule has 0 radical (unpaired) electrons. The molecule has 0 amide bonds. The fraction of sp³-hybridized carbons (Fsp3) is 0.400. The van der Waals surface area contributed by atoms with Gasteiger partial charge < -0.3 is 10.2 Å². The SMILES string of the molecule is NC1[C@@H]2CC[C@H]1CN(Cc1cccc3c1oc1ccccc13)C2. The van der Waals surface area contributed by atoms with E-state index in [1.165, 1.54) is 29.2 Å². The third-order valence-electron chi connectivity index (χ3n) is 5.86. The number of benzene rings is 2. The first kappa shape index (κ1) is 13.6. The fourth-order valence-corrected chi connectivity index (χ4v) is 4.66. The minimum atomic E-state index is 0.424. The van der Waals surface area contributed by atoms with E-state index >= 15 is 0 Å². The van der Waals surface area contributed by atoms with Gasteiger partial charge in [-0.2, -0.15) is 0 Å². The summed E-state index contributed by atoms with van der Waals surface area (Å²) in [5.74, 6) is 1.37. The number of likely N-dealkylation sites (tertiary alicyclic amines) is 1. The summed E-state index contributed by atoms with van der Waals surface area (Å²) in [6.07, 6.45) is 2.61. The minimum absolute atomic E-state index is 0.424. The van der Waals surface area contributed by atoms with Crippen LogP contribution in [-0.2, 0) is 6.54 Å². The zero-order valence-corrected chi connectivity index (χ0v) is 13.2. The minimum Gasteiger partial charge on any atom is -0.456 e. The Morgan fingerprint density at radius 1 is 0.957 bits per heavy atom. The molecular formula is C20H22N2O. The van der Waals surface area contributed by atoms with Crippen LogP contribution in [0.2, 0.25) is 0 Å². The first-order chi connectivity index (χ1) is 11.3. The molecule has 3 aromatic rings. The Hall–Kier alpha value is -1.84. The lowest BCUT2D eigenvalue weighted by molar-refractivity contribution is 0.141. The van der Waals surface area contributed by atoms with Crippen molar-refractivity contribution >= 4 is 21.9 Å². The Bertz CT molecular complexity index is 854. The van der Waals surface area contributed by atoms with Crippen LogP contribution in [0.15, 0.2) is 46.9 Å². The number of hydrogen-bond donors (Lipinski definition) is 1. The molecule has 2 aromatic carbocycles. The van der Waals surface area contributed by atoms with Crippen LogP contribution in [0.4, 0.5) is 0 Å². The van der Waals surface area contributed by atoms with Crippen molar-refractivity contribution in [2.75, 3.05) is 13.1 Å². The third kappa shape index (κ3) is 2.11.